The Morgan fingerprint density at radius 1 is 1.20 bits per heavy atom. The zero-order chi connectivity index (χ0) is 14.7. The standard InChI is InChI=1S/C15H15NO4/c1-10-3-8-15(14(9-10)16(18)19)20-13-6-4-12(5-7-13)11(2)17/h3-9,11,17H,1-2H3/t11-/m0/s1. The van der Waals surface area contributed by atoms with Crippen LogP contribution < -0.4 is 4.74 Å². The van der Waals surface area contributed by atoms with Crippen LogP contribution in [0.4, 0.5) is 5.69 Å². The van der Waals surface area contributed by atoms with Gasteiger partial charge in [-0.15, -0.1) is 0 Å². The van der Waals surface area contributed by atoms with Gasteiger partial charge in [0.05, 0.1) is 11.0 Å². The predicted molar refractivity (Wildman–Crippen MR) is 75.0 cm³/mol. The third-order valence-corrected chi connectivity index (χ3v) is 2.90. The number of nitro benzene ring substituents is 1. The van der Waals surface area contributed by atoms with E-state index in [1.807, 2.05) is 0 Å². The van der Waals surface area contributed by atoms with E-state index in [9.17, 15) is 15.2 Å². The number of aryl methyl sites for hydroxylation is 1. The lowest BCUT2D eigenvalue weighted by Crippen LogP contribution is -1.95. The van der Waals surface area contributed by atoms with Crippen LogP contribution in [0.5, 0.6) is 11.5 Å². The third-order valence-electron chi connectivity index (χ3n) is 2.90. The summed E-state index contributed by atoms with van der Waals surface area (Å²) in [7, 11) is 0. The zero-order valence-corrected chi connectivity index (χ0v) is 11.2. The van der Waals surface area contributed by atoms with Crippen molar-refractivity contribution in [3.63, 3.8) is 0 Å². The summed E-state index contributed by atoms with van der Waals surface area (Å²) in [5.41, 5.74) is 1.49. The fourth-order valence-electron chi connectivity index (χ4n) is 1.80. The van der Waals surface area contributed by atoms with E-state index in [1.54, 1.807) is 50.2 Å². The Balaban J connectivity index is 2.28. The van der Waals surface area contributed by atoms with Crippen molar-refractivity contribution in [2.24, 2.45) is 0 Å². The first-order valence-electron chi connectivity index (χ1n) is 6.18. The number of hydrogen-bond donors (Lipinski definition) is 1. The largest absolute Gasteiger partial charge is 0.450 e. The quantitative estimate of drug-likeness (QED) is 0.680. The number of ether oxygens (including phenoxy) is 1. The second-order valence-electron chi connectivity index (χ2n) is 4.58. The number of aliphatic hydroxyl groups is 1. The lowest BCUT2D eigenvalue weighted by molar-refractivity contribution is -0.385. The minimum atomic E-state index is -0.558. The first kappa shape index (κ1) is 14.0. The average Bonchev–Trinajstić information content (AvgIpc) is 2.41. The Kier molecular flexibility index (Phi) is 4.00. The monoisotopic (exact) mass is 273 g/mol. The van der Waals surface area contributed by atoms with Crippen LogP contribution >= 0.6 is 0 Å². The van der Waals surface area contributed by atoms with Crippen molar-refractivity contribution in [1.82, 2.24) is 0 Å². The number of aliphatic hydroxyl groups excluding tert-OH is 1. The Labute approximate surface area is 116 Å². The molecule has 0 fully saturated rings. The van der Waals surface area contributed by atoms with Gasteiger partial charge in [0.1, 0.15) is 5.75 Å². The Morgan fingerprint density at radius 2 is 1.85 bits per heavy atom. The Hall–Kier alpha value is -2.40. The van der Waals surface area contributed by atoms with Crippen molar-refractivity contribution in [3.8, 4) is 11.5 Å². The number of benzene rings is 2. The van der Waals surface area contributed by atoms with E-state index in [0.717, 1.165) is 11.1 Å². The molecule has 0 aliphatic rings. The topological polar surface area (TPSA) is 72.6 Å². The summed E-state index contributed by atoms with van der Waals surface area (Å²) in [6.07, 6.45) is -0.558. The van der Waals surface area contributed by atoms with Gasteiger partial charge in [0, 0.05) is 6.07 Å². The van der Waals surface area contributed by atoms with E-state index in [2.05, 4.69) is 0 Å². The highest BCUT2D eigenvalue weighted by molar-refractivity contribution is 5.50. The van der Waals surface area contributed by atoms with Gasteiger partial charge in [-0.05, 0) is 43.2 Å². The molecule has 0 bridgehead atoms. The van der Waals surface area contributed by atoms with Crippen LogP contribution in [0.25, 0.3) is 0 Å². The summed E-state index contributed by atoms with van der Waals surface area (Å²) in [6.45, 7) is 3.45. The first-order chi connectivity index (χ1) is 9.47. The van der Waals surface area contributed by atoms with Crippen molar-refractivity contribution in [2.45, 2.75) is 20.0 Å². The summed E-state index contributed by atoms with van der Waals surface area (Å²) >= 11 is 0. The summed E-state index contributed by atoms with van der Waals surface area (Å²) in [6, 6.07) is 11.6. The van der Waals surface area contributed by atoms with E-state index in [0.29, 0.717) is 5.75 Å². The smallest absolute Gasteiger partial charge is 0.311 e. The molecule has 5 nitrogen and oxygen atoms in total. The highest BCUT2D eigenvalue weighted by Crippen LogP contribution is 2.32. The van der Waals surface area contributed by atoms with Crippen molar-refractivity contribution in [1.29, 1.82) is 0 Å². The molecule has 20 heavy (non-hydrogen) atoms. The van der Waals surface area contributed by atoms with E-state index >= 15 is 0 Å². The number of hydrogen-bond acceptors (Lipinski definition) is 4. The molecule has 0 aliphatic carbocycles. The van der Waals surface area contributed by atoms with Crippen molar-refractivity contribution < 1.29 is 14.8 Å². The van der Waals surface area contributed by atoms with Gasteiger partial charge >= 0.3 is 5.69 Å². The van der Waals surface area contributed by atoms with Crippen LogP contribution in [0.15, 0.2) is 42.5 Å². The summed E-state index contributed by atoms with van der Waals surface area (Å²) in [5.74, 6) is 0.687. The second kappa shape index (κ2) is 5.71. The minimum absolute atomic E-state index is 0.0652. The zero-order valence-electron chi connectivity index (χ0n) is 11.2. The van der Waals surface area contributed by atoms with Crippen molar-refractivity contribution in [2.75, 3.05) is 0 Å². The van der Waals surface area contributed by atoms with Crippen LogP contribution in [0.1, 0.15) is 24.2 Å². The molecule has 0 heterocycles. The SMILES string of the molecule is Cc1ccc(Oc2ccc([C@H](C)O)cc2)c([N+](=O)[O-])c1. The molecule has 0 aromatic heterocycles. The van der Waals surface area contributed by atoms with Gasteiger partial charge in [-0.25, -0.2) is 0 Å². The molecule has 0 radical (unpaired) electrons. The molecular formula is C15H15NO4. The van der Waals surface area contributed by atoms with E-state index in [1.165, 1.54) is 6.07 Å². The molecule has 0 unspecified atom stereocenters. The lowest BCUT2D eigenvalue weighted by Gasteiger charge is -2.09. The van der Waals surface area contributed by atoms with Crippen molar-refractivity contribution >= 4 is 5.69 Å². The van der Waals surface area contributed by atoms with Gasteiger partial charge in [-0.3, -0.25) is 10.1 Å². The molecule has 104 valence electrons. The molecule has 0 spiro atoms. The summed E-state index contributed by atoms with van der Waals surface area (Å²) in [5, 5.41) is 20.4. The molecule has 0 saturated carbocycles. The Bertz CT molecular complexity index is 620. The molecule has 0 amide bonds. The summed E-state index contributed by atoms with van der Waals surface area (Å²) < 4.78 is 5.54. The number of nitro groups is 1. The van der Waals surface area contributed by atoms with E-state index in [4.69, 9.17) is 4.74 Å². The highest BCUT2D eigenvalue weighted by Gasteiger charge is 2.15. The Morgan fingerprint density at radius 3 is 2.40 bits per heavy atom. The van der Waals surface area contributed by atoms with Crippen molar-refractivity contribution in [3.05, 3.63) is 63.7 Å². The van der Waals surface area contributed by atoms with Crippen LogP contribution in [0, 0.1) is 17.0 Å². The summed E-state index contributed by atoms with van der Waals surface area (Å²) in [4.78, 5) is 10.5. The van der Waals surface area contributed by atoms with Gasteiger partial charge in [0.25, 0.3) is 0 Å². The molecular weight excluding hydrogens is 258 g/mol. The number of rotatable bonds is 4. The maximum absolute atomic E-state index is 11.0. The minimum Gasteiger partial charge on any atom is -0.450 e. The molecule has 2 aromatic carbocycles. The van der Waals surface area contributed by atoms with E-state index < -0.39 is 11.0 Å². The lowest BCUT2D eigenvalue weighted by atomic mass is 10.1. The molecule has 2 aromatic rings. The molecule has 0 saturated heterocycles. The molecule has 1 atom stereocenters. The predicted octanol–water partition coefficient (Wildman–Crippen LogP) is 3.75. The van der Waals surface area contributed by atoms with Crippen LogP contribution in [0.3, 0.4) is 0 Å². The van der Waals surface area contributed by atoms with Gasteiger partial charge in [-0.1, -0.05) is 18.2 Å². The van der Waals surface area contributed by atoms with Crippen LogP contribution in [0.2, 0.25) is 0 Å². The molecule has 0 aliphatic heterocycles. The van der Waals surface area contributed by atoms with Gasteiger partial charge in [0.15, 0.2) is 0 Å². The third kappa shape index (κ3) is 3.13. The second-order valence-corrected chi connectivity index (χ2v) is 4.58. The normalized spacial score (nSPS) is 11.9. The maximum atomic E-state index is 11.0. The van der Waals surface area contributed by atoms with Gasteiger partial charge in [-0.2, -0.15) is 0 Å². The molecule has 1 N–H and O–H groups in total. The fourth-order valence-corrected chi connectivity index (χ4v) is 1.80. The number of nitrogens with zero attached hydrogens (tertiary/aromatic N) is 1. The average molecular weight is 273 g/mol. The van der Waals surface area contributed by atoms with E-state index in [-0.39, 0.29) is 11.4 Å². The molecule has 2 rings (SSSR count). The van der Waals surface area contributed by atoms with Gasteiger partial charge < -0.3 is 9.84 Å². The highest BCUT2D eigenvalue weighted by atomic mass is 16.6. The van der Waals surface area contributed by atoms with Crippen LogP contribution in [-0.4, -0.2) is 10.0 Å². The van der Waals surface area contributed by atoms with Gasteiger partial charge in [0.2, 0.25) is 5.75 Å². The maximum Gasteiger partial charge on any atom is 0.311 e. The fraction of sp³-hybridized carbons (Fsp3) is 0.200. The molecule has 5 heteroatoms. The first-order valence-corrected chi connectivity index (χ1v) is 6.18. The van der Waals surface area contributed by atoms with Crippen LogP contribution in [-0.2, 0) is 0 Å².